The second-order valence-electron chi connectivity index (χ2n) is 5.49. The van der Waals surface area contributed by atoms with Crippen LogP contribution in [0.25, 0.3) is 0 Å². The lowest BCUT2D eigenvalue weighted by molar-refractivity contribution is 0.0943. The van der Waals surface area contributed by atoms with Gasteiger partial charge in [0.2, 0.25) is 10.0 Å². The Morgan fingerprint density at radius 1 is 1.48 bits per heavy atom. The zero-order chi connectivity index (χ0) is 15.6. The fourth-order valence-electron chi connectivity index (χ4n) is 2.65. The van der Waals surface area contributed by atoms with E-state index in [9.17, 15) is 13.2 Å². The fourth-order valence-corrected chi connectivity index (χ4v) is 3.98. The molecule has 1 heterocycles. The van der Waals surface area contributed by atoms with E-state index in [0.29, 0.717) is 30.8 Å². The van der Waals surface area contributed by atoms with Crippen LogP contribution in [-0.4, -0.2) is 37.9 Å². The van der Waals surface area contributed by atoms with Gasteiger partial charge in [-0.3, -0.25) is 4.79 Å². The molecule has 0 bridgehead atoms. The van der Waals surface area contributed by atoms with Crippen molar-refractivity contribution in [3.05, 3.63) is 28.2 Å². The average Bonchev–Trinajstić information content (AvgIpc) is 2.37. The molecule has 0 saturated carbocycles. The normalized spacial score (nSPS) is 20.4. The van der Waals surface area contributed by atoms with Gasteiger partial charge in [0, 0.05) is 35.2 Å². The Morgan fingerprint density at radius 2 is 2.19 bits per heavy atom. The third-order valence-corrected chi connectivity index (χ3v) is 5.50. The molecule has 7 heteroatoms. The van der Waals surface area contributed by atoms with Gasteiger partial charge in [-0.25, -0.2) is 12.7 Å². The van der Waals surface area contributed by atoms with Crippen LogP contribution in [-0.2, 0) is 10.0 Å². The maximum Gasteiger partial charge on any atom is 0.211 e. The minimum absolute atomic E-state index is 0.0275. The van der Waals surface area contributed by atoms with Gasteiger partial charge in [-0.15, -0.1) is 0 Å². The van der Waals surface area contributed by atoms with Crippen molar-refractivity contribution in [2.75, 3.05) is 25.1 Å². The van der Waals surface area contributed by atoms with Gasteiger partial charge >= 0.3 is 0 Å². The lowest BCUT2D eigenvalue weighted by Crippen LogP contribution is -2.39. The number of nitrogens with zero attached hydrogens (tertiary/aromatic N) is 1. The first-order valence-electron chi connectivity index (χ1n) is 6.80. The van der Waals surface area contributed by atoms with E-state index in [4.69, 9.17) is 5.73 Å². The molecule has 0 amide bonds. The molecule has 2 rings (SSSR count). The number of hydrogen-bond donors (Lipinski definition) is 1. The van der Waals surface area contributed by atoms with Crippen molar-refractivity contribution in [2.45, 2.75) is 19.3 Å². The highest BCUT2D eigenvalue weighted by Crippen LogP contribution is 2.25. The molecule has 2 N–H and O–H groups in total. The molecule has 1 aliphatic heterocycles. The monoisotopic (exact) mass is 374 g/mol. The number of rotatable bonds is 4. The number of Topliss-reactive ketones (excluding diaryl/α,β-unsaturated/α-hetero) is 1. The Kier molecular flexibility index (Phi) is 5.06. The van der Waals surface area contributed by atoms with E-state index in [2.05, 4.69) is 15.9 Å². The van der Waals surface area contributed by atoms with E-state index in [0.717, 1.165) is 17.3 Å². The predicted molar refractivity (Wildman–Crippen MR) is 86.6 cm³/mol. The van der Waals surface area contributed by atoms with Gasteiger partial charge in [-0.2, -0.15) is 0 Å². The van der Waals surface area contributed by atoms with Crippen molar-refractivity contribution in [2.24, 2.45) is 5.92 Å². The molecule has 0 aromatic heterocycles. The number of carbonyl (C=O) groups is 1. The minimum atomic E-state index is -3.18. The summed E-state index contributed by atoms with van der Waals surface area (Å²) in [5.41, 5.74) is 6.83. The predicted octanol–water partition coefficient (Wildman–Crippen LogP) is 2.28. The third kappa shape index (κ3) is 4.28. The minimum Gasteiger partial charge on any atom is -0.398 e. The van der Waals surface area contributed by atoms with Gasteiger partial charge in [0.05, 0.1) is 6.26 Å². The van der Waals surface area contributed by atoms with Crippen LogP contribution in [0.15, 0.2) is 22.7 Å². The van der Waals surface area contributed by atoms with Crippen molar-refractivity contribution in [3.8, 4) is 0 Å². The summed E-state index contributed by atoms with van der Waals surface area (Å²) in [5, 5.41) is 0. The molecule has 1 unspecified atom stereocenters. The summed E-state index contributed by atoms with van der Waals surface area (Å²) in [5.74, 6) is 0.0318. The highest BCUT2D eigenvalue weighted by Gasteiger charge is 2.27. The number of ketones is 1. The highest BCUT2D eigenvalue weighted by atomic mass is 79.9. The van der Waals surface area contributed by atoms with Crippen LogP contribution in [0.1, 0.15) is 29.6 Å². The van der Waals surface area contributed by atoms with Crippen LogP contribution in [0.2, 0.25) is 0 Å². The first kappa shape index (κ1) is 16.5. The van der Waals surface area contributed by atoms with E-state index >= 15 is 0 Å². The van der Waals surface area contributed by atoms with Crippen molar-refractivity contribution in [1.82, 2.24) is 4.31 Å². The zero-order valence-electron chi connectivity index (χ0n) is 11.9. The lowest BCUT2D eigenvalue weighted by Gasteiger charge is -2.30. The van der Waals surface area contributed by atoms with E-state index in [1.54, 1.807) is 18.2 Å². The SMILES string of the molecule is CS(=O)(=O)N1CCCC(CC(=O)c2ccc(Br)cc2N)C1. The molecule has 1 aromatic carbocycles. The smallest absolute Gasteiger partial charge is 0.211 e. The maximum atomic E-state index is 12.3. The van der Waals surface area contributed by atoms with Gasteiger partial charge in [0.15, 0.2) is 5.78 Å². The molecule has 1 fully saturated rings. The first-order valence-corrected chi connectivity index (χ1v) is 9.45. The Labute approximate surface area is 133 Å². The summed E-state index contributed by atoms with van der Waals surface area (Å²) in [7, 11) is -3.18. The number of halogens is 1. The zero-order valence-corrected chi connectivity index (χ0v) is 14.3. The van der Waals surface area contributed by atoms with Crippen molar-refractivity contribution >= 4 is 37.4 Å². The van der Waals surface area contributed by atoms with Crippen LogP contribution in [0, 0.1) is 5.92 Å². The Bertz CT molecular complexity index is 646. The van der Waals surface area contributed by atoms with Crippen LogP contribution < -0.4 is 5.73 Å². The van der Waals surface area contributed by atoms with Gasteiger partial charge in [-0.1, -0.05) is 15.9 Å². The van der Waals surface area contributed by atoms with E-state index in [1.807, 2.05) is 0 Å². The highest BCUT2D eigenvalue weighted by molar-refractivity contribution is 9.10. The van der Waals surface area contributed by atoms with E-state index in [1.165, 1.54) is 10.6 Å². The quantitative estimate of drug-likeness (QED) is 0.647. The lowest BCUT2D eigenvalue weighted by atomic mass is 9.91. The molecule has 0 spiro atoms. The topological polar surface area (TPSA) is 80.5 Å². The number of anilines is 1. The Balaban J connectivity index is 2.05. The summed E-state index contributed by atoms with van der Waals surface area (Å²) in [6.07, 6.45) is 3.21. The third-order valence-electron chi connectivity index (χ3n) is 3.74. The Morgan fingerprint density at radius 3 is 2.81 bits per heavy atom. The average molecular weight is 375 g/mol. The van der Waals surface area contributed by atoms with Crippen molar-refractivity contribution < 1.29 is 13.2 Å². The van der Waals surface area contributed by atoms with Crippen LogP contribution in [0.5, 0.6) is 0 Å². The number of sulfonamides is 1. The van der Waals surface area contributed by atoms with Gasteiger partial charge in [-0.05, 0) is 37.0 Å². The fraction of sp³-hybridized carbons (Fsp3) is 0.500. The molecule has 1 atom stereocenters. The van der Waals surface area contributed by atoms with Gasteiger partial charge in [0.25, 0.3) is 0 Å². The van der Waals surface area contributed by atoms with Crippen LogP contribution in [0.3, 0.4) is 0 Å². The molecule has 0 radical (unpaired) electrons. The molecule has 1 aliphatic rings. The summed E-state index contributed by atoms with van der Waals surface area (Å²) in [6, 6.07) is 5.20. The summed E-state index contributed by atoms with van der Waals surface area (Å²) in [6.45, 7) is 0.963. The summed E-state index contributed by atoms with van der Waals surface area (Å²) in [4.78, 5) is 12.3. The number of nitrogen functional groups attached to an aromatic ring is 1. The summed E-state index contributed by atoms with van der Waals surface area (Å²) < 4.78 is 25.5. The second kappa shape index (κ2) is 6.46. The standard InChI is InChI=1S/C14H19BrN2O3S/c1-21(19,20)17-6-2-3-10(9-17)7-14(18)12-5-4-11(15)8-13(12)16/h4-5,8,10H,2-3,6-7,9,16H2,1H3. The number of hydrogen-bond acceptors (Lipinski definition) is 4. The second-order valence-corrected chi connectivity index (χ2v) is 8.39. The first-order chi connectivity index (χ1) is 9.77. The maximum absolute atomic E-state index is 12.3. The number of piperidine rings is 1. The van der Waals surface area contributed by atoms with E-state index < -0.39 is 10.0 Å². The molecular formula is C14H19BrN2O3S. The molecule has 1 aromatic rings. The van der Waals surface area contributed by atoms with Crippen LogP contribution >= 0.6 is 15.9 Å². The Hall–Kier alpha value is -0.920. The number of benzene rings is 1. The van der Waals surface area contributed by atoms with Gasteiger partial charge in [0.1, 0.15) is 0 Å². The molecule has 21 heavy (non-hydrogen) atoms. The van der Waals surface area contributed by atoms with Crippen molar-refractivity contribution in [1.29, 1.82) is 0 Å². The summed E-state index contributed by atoms with van der Waals surface area (Å²) >= 11 is 3.31. The number of carbonyl (C=O) groups excluding carboxylic acids is 1. The van der Waals surface area contributed by atoms with Gasteiger partial charge < -0.3 is 5.73 Å². The molecular weight excluding hydrogens is 356 g/mol. The van der Waals surface area contributed by atoms with E-state index in [-0.39, 0.29) is 11.7 Å². The largest absolute Gasteiger partial charge is 0.398 e. The molecule has 0 aliphatic carbocycles. The van der Waals surface area contributed by atoms with Crippen LogP contribution in [0.4, 0.5) is 5.69 Å². The molecule has 1 saturated heterocycles. The molecule has 5 nitrogen and oxygen atoms in total. The van der Waals surface area contributed by atoms with Crippen molar-refractivity contribution in [3.63, 3.8) is 0 Å². The number of nitrogens with two attached hydrogens (primary N) is 1. The molecule has 116 valence electrons.